The fourth-order valence-corrected chi connectivity index (χ4v) is 3.43. The molecule has 0 bridgehead atoms. The third kappa shape index (κ3) is 2.39. The molecule has 2 aliphatic rings. The van der Waals surface area contributed by atoms with Crippen molar-refractivity contribution in [3.8, 4) is 0 Å². The summed E-state index contributed by atoms with van der Waals surface area (Å²) in [5.74, 6) is 0.221. The molecule has 2 heterocycles. The highest BCUT2D eigenvalue weighted by molar-refractivity contribution is 6.02. The third-order valence-electron chi connectivity index (χ3n) is 4.34. The first-order valence-corrected chi connectivity index (χ1v) is 7.27. The quantitative estimate of drug-likeness (QED) is 0.882. The smallest absolute Gasteiger partial charge is 0.231 e. The van der Waals surface area contributed by atoms with Crippen LogP contribution in [0.15, 0.2) is 12.1 Å². The van der Waals surface area contributed by atoms with Gasteiger partial charge < -0.3 is 10.2 Å². The van der Waals surface area contributed by atoms with E-state index < -0.39 is 0 Å². The number of carbonyl (C=O) groups excluding carboxylic acids is 1. The monoisotopic (exact) mass is 258 g/mol. The molecule has 19 heavy (non-hydrogen) atoms. The molecule has 1 aromatic rings. The van der Waals surface area contributed by atoms with Gasteiger partial charge in [-0.25, -0.2) is 0 Å². The largest absolute Gasteiger partial charge is 0.315 e. The lowest BCUT2D eigenvalue weighted by molar-refractivity contribution is -0.117. The molecule has 102 valence electrons. The van der Waals surface area contributed by atoms with E-state index in [-0.39, 0.29) is 5.91 Å². The third-order valence-corrected chi connectivity index (χ3v) is 4.34. The SMILES string of the molecule is Cc1cc2c(c(CC3CCCCN3)c1)N(C)C(=O)C2. The number of nitrogens with one attached hydrogen (secondary N) is 1. The molecule has 3 heteroatoms. The van der Waals surface area contributed by atoms with Crippen molar-refractivity contribution in [2.75, 3.05) is 18.5 Å². The van der Waals surface area contributed by atoms with Crippen molar-refractivity contribution in [3.63, 3.8) is 0 Å². The van der Waals surface area contributed by atoms with E-state index in [4.69, 9.17) is 0 Å². The van der Waals surface area contributed by atoms with Gasteiger partial charge in [0.15, 0.2) is 0 Å². The molecule has 3 nitrogen and oxygen atoms in total. The predicted molar refractivity (Wildman–Crippen MR) is 77.6 cm³/mol. The van der Waals surface area contributed by atoms with Crippen molar-refractivity contribution in [2.24, 2.45) is 0 Å². The Bertz CT molecular complexity index is 504. The van der Waals surface area contributed by atoms with Crippen molar-refractivity contribution in [3.05, 3.63) is 28.8 Å². The summed E-state index contributed by atoms with van der Waals surface area (Å²) >= 11 is 0. The van der Waals surface area contributed by atoms with E-state index in [1.54, 1.807) is 0 Å². The van der Waals surface area contributed by atoms with Gasteiger partial charge >= 0.3 is 0 Å². The second-order valence-corrected chi connectivity index (χ2v) is 5.91. The Morgan fingerprint density at radius 2 is 2.21 bits per heavy atom. The molecule has 0 aliphatic carbocycles. The van der Waals surface area contributed by atoms with E-state index in [2.05, 4.69) is 24.4 Å². The lowest BCUT2D eigenvalue weighted by Gasteiger charge is -2.25. The summed E-state index contributed by atoms with van der Waals surface area (Å²) in [6.07, 6.45) is 5.47. The Hall–Kier alpha value is -1.35. The van der Waals surface area contributed by atoms with Gasteiger partial charge in [-0.3, -0.25) is 4.79 Å². The number of rotatable bonds is 2. The van der Waals surface area contributed by atoms with Gasteiger partial charge in [0.05, 0.1) is 12.1 Å². The van der Waals surface area contributed by atoms with Gasteiger partial charge in [0.1, 0.15) is 0 Å². The average Bonchev–Trinajstić information content (AvgIpc) is 2.66. The molecule has 0 aromatic heterocycles. The van der Waals surface area contributed by atoms with Crippen LogP contribution in [0.4, 0.5) is 5.69 Å². The first-order valence-electron chi connectivity index (χ1n) is 7.27. The number of likely N-dealkylation sites (N-methyl/N-ethyl adjacent to an activating group) is 1. The van der Waals surface area contributed by atoms with Crippen LogP contribution in [0.2, 0.25) is 0 Å². The summed E-state index contributed by atoms with van der Waals surface area (Å²) in [6, 6.07) is 4.99. The lowest BCUT2D eigenvalue weighted by Crippen LogP contribution is -2.36. The molecule has 1 aromatic carbocycles. The summed E-state index contributed by atoms with van der Waals surface area (Å²) in [5.41, 5.74) is 4.98. The average molecular weight is 258 g/mol. The summed E-state index contributed by atoms with van der Waals surface area (Å²) < 4.78 is 0. The minimum atomic E-state index is 0.221. The molecule has 1 amide bonds. The number of nitrogens with zero attached hydrogens (tertiary/aromatic N) is 1. The van der Waals surface area contributed by atoms with Crippen molar-refractivity contribution >= 4 is 11.6 Å². The maximum absolute atomic E-state index is 11.9. The Morgan fingerprint density at radius 3 is 2.95 bits per heavy atom. The highest BCUT2D eigenvalue weighted by Crippen LogP contribution is 2.34. The zero-order chi connectivity index (χ0) is 13.4. The molecule has 0 radical (unpaired) electrons. The molecule has 2 aliphatic heterocycles. The van der Waals surface area contributed by atoms with Gasteiger partial charge in [-0.05, 0) is 43.9 Å². The number of carbonyl (C=O) groups is 1. The minimum Gasteiger partial charge on any atom is -0.315 e. The maximum atomic E-state index is 11.9. The summed E-state index contributed by atoms with van der Waals surface area (Å²) in [4.78, 5) is 13.7. The summed E-state index contributed by atoms with van der Waals surface area (Å²) in [5, 5.41) is 3.60. The number of hydrogen-bond acceptors (Lipinski definition) is 2. The van der Waals surface area contributed by atoms with Gasteiger partial charge in [0, 0.05) is 13.1 Å². The molecule has 1 atom stereocenters. The second kappa shape index (κ2) is 4.97. The van der Waals surface area contributed by atoms with Gasteiger partial charge in [-0.2, -0.15) is 0 Å². The van der Waals surface area contributed by atoms with Crippen LogP contribution < -0.4 is 10.2 Å². The van der Waals surface area contributed by atoms with Crippen molar-refractivity contribution in [1.82, 2.24) is 5.32 Å². The minimum absolute atomic E-state index is 0.221. The number of amides is 1. The van der Waals surface area contributed by atoms with E-state index >= 15 is 0 Å². The molecular formula is C16H22N2O. The normalized spacial score (nSPS) is 22.7. The molecular weight excluding hydrogens is 236 g/mol. The van der Waals surface area contributed by atoms with Crippen LogP contribution in [0.1, 0.15) is 36.0 Å². The van der Waals surface area contributed by atoms with Crippen molar-refractivity contribution in [1.29, 1.82) is 0 Å². The number of piperidine rings is 1. The molecule has 3 rings (SSSR count). The van der Waals surface area contributed by atoms with E-state index in [0.29, 0.717) is 12.5 Å². The van der Waals surface area contributed by atoms with Crippen LogP contribution in [-0.2, 0) is 17.6 Å². The Kier molecular flexibility index (Phi) is 3.31. The number of fused-ring (bicyclic) bond motifs is 1. The van der Waals surface area contributed by atoms with Crippen LogP contribution in [-0.4, -0.2) is 25.5 Å². The first kappa shape index (κ1) is 12.7. The van der Waals surface area contributed by atoms with Crippen LogP contribution >= 0.6 is 0 Å². The van der Waals surface area contributed by atoms with Gasteiger partial charge in [0.25, 0.3) is 0 Å². The van der Waals surface area contributed by atoms with Crippen molar-refractivity contribution < 1.29 is 4.79 Å². The van der Waals surface area contributed by atoms with Gasteiger partial charge in [0.2, 0.25) is 5.91 Å². The van der Waals surface area contributed by atoms with Crippen molar-refractivity contribution in [2.45, 2.75) is 45.1 Å². The molecule has 1 saturated heterocycles. The van der Waals surface area contributed by atoms with Crippen LogP contribution in [0, 0.1) is 6.92 Å². The molecule has 0 spiro atoms. The highest BCUT2D eigenvalue weighted by atomic mass is 16.2. The number of benzene rings is 1. The first-order chi connectivity index (χ1) is 9.15. The topological polar surface area (TPSA) is 32.3 Å². The highest BCUT2D eigenvalue weighted by Gasteiger charge is 2.28. The standard InChI is InChI=1S/C16H22N2O/c1-11-7-12(9-14-5-3-4-6-17-14)16-13(8-11)10-15(19)18(16)2/h7-8,14,17H,3-6,9-10H2,1-2H3. The maximum Gasteiger partial charge on any atom is 0.231 e. The Morgan fingerprint density at radius 1 is 1.37 bits per heavy atom. The number of hydrogen-bond donors (Lipinski definition) is 1. The number of anilines is 1. The lowest BCUT2D eigenvalue weighted by atomic mass is 9.94. The molecule has 1 N–H and O–H groups in total. The second-order valence-electron chi connectivity index (χ2n) is 5.91. The Balaban J connectivity index is 1.90. The molecule has 0 saturated carbocycles. The Labute approximate surface area is 115 Å². The zero-order valence-electron chi connectivity index (χ0n) is 11.8. The molecule has 1 fully saturated rings. The fourth-order valence-electron chi connectivity index (χ4n) is 3.43. The predicted octanol–water partition coefficient (Wildman–Crippen LogP) is 2.20. The number of aryl methyl sites for hydroxylation is 1. The van der Waals surface area contributed by atoms with E-state index in [1.165, 1.54) is 41.6 Å². The van der Waals surface area contributed by atoms with E-state index in [9.17, 15) is 4.79 Å². The zero-order valence-corrected chi connectivity index (χ0v) is 11.8. The summed E-state index contributed by atoms with van der Waals surface area (Å²) in [6.45, 7) is 3.26. The van der Waals surface area contributed by atoms with Crippen LogP contribution in [0.5, 0.6) is 0 Å². The van der Waals surface area contributed by atoms with Gasteiger partial charge in [-0.1, -0.05) is 24.1 Å². The van der Waals surface area contributed by atoms with Gasteiger partial charge in [-0.15, -0.1) is 0 Å². The van der Waals surface area contributed by atoms with Crippen LogP contribution in [0.3, 0.4) is 0 Å². The van der Waals surface area contributed by atoms with E-state index in [0.717, 1.165) is 13.0 Å². The van der Waals surface area contributed by atoms with Crippen LogP contribution in [0.25, 0.3) is 0 Å². The van der Waals surface area contributed by atoms with E-state index in [1.807, 2.05) is 11.9 Å². The summed E-state index contributed by atoms with van der Waals surface area (Å²) in [7, 11) is 1.90. The fraction of sp³-hybridized carbons (Fsp3) is 0.562. The molecule has 1 unspecified atom stereocenters.